The first-order chi connectivity index (χ1) is 10.1. The molecule has 1 atom stereocenters. The minimum Gasteiger partial charge on any atom is -0.315 e. The SMILES string of the molecule is CCCCCCNS(=O)(=O)N1CCCCC1CNCCC. The van der Waals surface area contributed by atoms with Crippen molar-refractivity contribution >= 4 is 10.2 Å². The van der Waals surface area contributed by atoms with E-state index in [1.807, 2.05) is 0 Å². The Balaban J connectivity index is 2.44. The number of rotatable bonds is 11. The summed E-state index contributed by atoms with van der Waals surface area (Å²) in [5, 5.41) is 3.36. The van der Waals surface area contributed by atoms with Crippen LogP contribution in [0.3, 0.4) is 0 Å². The highest BCUT2D eigenvalue weighted by Gasteiger charge is 2.31. The van der Waals surface area contributed by atoms with Gasteiger partial charge in [-0.25, -0.2) is 4.72 Å². The summed E-state index contributed by atoms with van der Waals surface area (Å²) in [4.78, 5) is 0. The molecule has 126 valence electrons. The summed E-state index contributed by atoms with van der Waals surface area (Å²) in [5.74, 6) is 0. The molecule has 5 nitrogen and oxygen atoms in total. The van der Waals surface area contributed by atoms with Crippen molar-refractivity contribution in [3.63, 3.8) is 0 Å². The Bertz CT molecular complexity index is 360. The lowest BCUT2D eigenvalue weighted by Crippen LogP contribution is -2.52. The summed E-state index contributed by atoms with van der Waals surface area (Å²) in [6.07, 6.45) is 8.52. The second-order valence-corrected chi connectivity index (χ2v) is 7.63. The lowest BCUT2D eigenvalue weighted by atomic mass is 10.1. The van der Waals surface area contributed by atoms with E-state index >= 15 is 0 Å². The van der Waals surface area contributed by atoms with Crippen LogP contribution in [0.5, 0.6) is 0 Å². The first-order valence-corrected chi connectivity index (χ1v) is 10.0. The molecule has 1 fully saturated rings. The van der Waals surface area contributed by atoms with E-state index in [9.17, 15) is 8.42 Å². The fraction of sp³-hybridized carbons (Fsp3) is 1.00. The molecule has 0 aromatic heterocycles. The van der Waals surface area contributed by atoms with Crippen molar-refractivity contribution < 1.29 is 8.42 Å². The van der Waals surface area contributed by atoms with E-state index in [-0.39, 0.29) is 6.04 Å². The molecule has 1 unspecified atom stereocenters. The first-order valence-electron chi connectivity index (χ1n) is 8.59. The highest BCUT2D eigenvalue weighted by Crippen LogP contribution is 2.19. The van der Waals surface area contributed by atoms with Crippen LogP contribution in [0.1, 0.15) is 65.2 Å². The molecule has 1 rings (SSSR count). The Kier molecular flexibility index (Phi) is 9.47. The zero-order valence-electron chi connectivity index (χ0n) is 13.7. The summed E-state index contributed by atoms with van der Waals surface area (Å²) >= 11 is 0. The summed E-state index contributed by atoms with van der Waals surface area (Å²) in [7, 11) is -3.31. The Morgan fingerprint density at radius 3 is 2.57 bits per heavy atom. The molecular formula is C15H33N3O2S. The second-order valence-electron chi connectivity index (χ2n) is 5.92. The van der Waals surface area contributed by atoms with Crippen LogP contribution < -0.4 is 10.0 Å². The minimum absolute atomic E-state index is 0.110. The molecule has 0 bridgehead atoms. The largest absolute Gasteiger partial charge is 0.315 e. The van der Waals surface area contributed by atoms with Crippen LogP contribution in [0.15, 0.2) is 0 Å². The number of nitrogens with one attached hydrogen (secondary N) is 2. The highest BCUT2D eigenvalue weighted by atomic mass is 32.2. The molecule has 1 saturated heterocycles. The monoisotopic (exact) mass is 319 g/mol. The normalized spacial score (nSPS) is 20.8. The molecule has 21 heavy (non-hydrogen) atoms. The molecule has 0 spiro atoms. The van der Waals surface area contributed by atoms with Gasteiger partial charge < -0.3 is 5.32 Å². The summed E-state index contributed by atoms with van der Waals surface area (Å²) in [6, 6.07) is 0.110. The maximum atomic E-state index is 12.4. The molecule has 0 aromatic rings. The Morgan fingerprint density at radius 2 is 1.86 bits per heavy atom. The molecule has 2 N–H and O–H groups in total. The van der Waals surface area contributed by atoms with Crippen molar-refractivity contribution in [2.75, 3.05) is 26.2 Å². The highest BCUT2D eigenvalue weighted by molar-refractivity contribution is 7.87. The molecule has 0 aromatic carbocycles. The van der Waals surface area contributed by atoms with Gasteiger partial charge in [0, 0.05) is 25.7 Å². The number of hydrogen-bond acceptors (Lipinski definition) is 3. The zero-order chi connectivity index (χ0) is 15.6. The van der Waals surface area contributed by atoms with E-state index in [0.29, 0.717) is 13.1 Å². The number of unbranched alkanes of at least 4 members (excludes halogenated alkanes) is 3. The van der Waals surface area contributed by atoms with E-state index in [2.05, 4.69) is 23.9 Å². The van der Waals surface area contributed by atoms with Crippen LogP contribution in [0.2, 0.25) is 0 Å². The summed E-state index contributed by atoms with van der Waals surface area (Å²) < 4.78 is 29.4. The van der Waals surface area contributed by atoms with Gasteiger partial charge in [0.25, 0.3) is 10.2 Å². The number of nitrogens with zero attached hydrogens (tertiary/aromatic N) is 1. The lowest BCUT2D eigenvalue weighted by molar-refractivity contribution is 0.243. The zero-order valence-corrected chi connectivity index (χ0v) is 14.6. The van der Waals surface area contributed by atoms with Crippen molar-refractivity contribution in [3.8, 4) is 0 Å². The van der Waals surface area contributed by atoms with Crippen LogP contribution in [0.4, 0.5) is 0 Å². The first kappa shape index (κ1) is 18.9. The van der Waals surface area contributed by atoms with Crippen molar-refractivity contribution in [1.82, 2.24) is 14.3 Å². The molecule has 6 heteroatoms. The summed E-state index contributed by atoms with van der Waals surface area (Å²) in [5.41, 5.74) is 0. The van der Waals surface area contributed by atoms with Crippen LogP contribution in [-0.2, 0) is 10.2 Å². The smallest absolute Gasteiger partial charge is 0.279 e. The Labute approximate surface area is 131 Å². The van der Waals surface area contributed by atoms with Gasteiger partial charge in [-0.3, -0.25) is 0 Å². The van der Waals surface area contributed by atoms with Gasteiger partial charge in [-0.05, 0) is 32.2 Å². The second kappa shape index (κ2) is 10.5. The predicted octanol–water partition coefficient (Wildman–Crippen LogP) is 2.26. The van der Waals surface area contributed by atoms with Crippen LogP contribution >= 0.6 is 0 Å². The van der Waals surface area contributed by atoms with E-state index in [1.165, 1.54) is 12.8 Å². The number of hydrogen-bond donors (Lipinski definition) is 2. The maximum absolute atomic E-state index is 12.4. The van der Waals surface area contributed by atoms with Crippen molar-refractivity contribution in [1.29, 1.82) is 0 Å². The fourth-order valence-electron chi connectivity index (χ4n) is 2.78. The third-order valence-corrected chi connectivity index (χ3v) is 5.67. The van der Waals surface area contributed by atoms with Gasteiger partial charge in [0.2, 0.25) is 0 Å². The Hall–Kier alpha value is -0.170. The Morgan fingerprint density at radius 1 is 1.05 bits per heavy atom. The molecule has 0 aliphatic carbocycles. The molecule has 0 radical (unpaired) electrons. The van der Waals surface area contributed by atoms with E-state index in [1.54, 1.807) is 4.31 Å². The van der Waals surface area contributed by atoms with Crippen molar-refractivity contribution in [2.24, 2.45) is 0 Å². The van der Waals surface area contributed by atoms with Gasteiger partial charge in [-0.2, -0.15) is 12.7 Å². The van der Waals surface area contributed by atoms with Crippen LogP contribution in [0, 0.1) is 0 Å². The molecule has 0 saturated carbocycles. The summed E-state index contributed by atoms with van der Waals surface area (Å²) in [6.45, 7) is 7.22. The van der Waals surface area contributed by atoms with Crippen molar-refractivity contribution in [2.45, 2.75) is 71.3 Å². The molecular weight excluding hydrogens is 286 g/mol. The van der Waals surface area contributed by atoms with Gasteiger partial charge in [-0.1, -0.05) is 39.5 Å². The number of piperidine rings is 1. The predicted molar refractivity (Wildman–Crippen MR) is 88.6 cm³/mol. The molecule has 1 aliphatic heterocycles. The third kappa shape index (κ3) is 7.08. The van der Waals surface area contributed by atoms with Gasteiger partial charge in [0.05, 0.1) is 0 Å². The third-order valence-electron chi connectivity index (χ3n) is 4.00. The quantitative estimate of drug-likeness (QED) is 0.574. The van der Waals surface area contributed by atoms with Gasteiger partial charge in [0.1, 0.15) is 0 Å². The molecule has 0 amide bonds. The van der Waals surface area contributed by atoms with E-state index in [0.717, 1.165) is 51.6 Å². The minimum atomic E-state index is -3.31. The average molecular weight is 320 g/mol. The standard InChI is InChI=1S/C15H33N3O2S/c1-3-5-6-8-12-17-21(19,20)18-13-9-7-10-15(18)14-16-11-4-2/h15-17H,3-14H2,1-2H3. The van der Waals surface area contributed by atoms with Crippen LogP contribution in [-0.4, -0.2) is 44.9 Å². The van der Waals surface area contributed by atoms with Gasteiger partial charge >= 0.3 is 0 Å². The molecule has 1 aliphatic rings. The van der Waals surface area contributed by atoms with E-state index < -0.39 is 10.2 Å². The average Bonchev–Trinajstić information content (AvgIpc) is 2.48. The van der Waals surface area contributed by atoms with Gasteiger partial charge in [-0.15, -0.1) is 0 Å². The topological polar surface area (TPSA) is 61.4 Å². The van der Waals surface area contributed by atoms with Gasteiger partial charge in [0.15, 0.2) is 0 Å². The van der Waals surface area contributed by atoms with Crippen molar-refractivity contribution in [3.05, 3.63) is 0 Å². The lowest BCUT2D eigenvalue weighted by Gasteiger charge is -2.34. The van der Waals surface area contributed by atoms with E-state index in [4.69, 9.17) is 0 Å². The maximum Gasteiger partial charge on any atom is 0.279 e. The molecule has 1 heterocycles. The van der Waals surface area contributed by atoms with Crippen LogP contribution in [0.25, 0.3) is 0 Å². The fourth-order valence-corrected chi connectivity index (χ4v) is 4.29.